The number of nitrogens with one attached hydrogen (secondary N) is 2. The first kappa shape index (κ1) is 24.4. The topological polar surface area (TPSA) is 78.5 Å². The van der Waals surface area contributed by atoms with Crippen LogP contribution in [0.1, 0.15) is 57.3 Å². The average molecular weight is 480 g/mol. The molecule has 1 fully saturated rings. The number of likely N-dealkylation sites (tertiary alicyclic amines) is 1. The molecule has 166 valence electrons. The Kier molecular flexibility index (Phi) is 9.34. The molecule has 1 saturated heterocycles. The van der Waals surface area contributed by atoms with Crippen LogP contribution in [0, 0.1) is 17.8 Å². The van der Waals surface area contributed by atoms with Gasteiger partial charge >= 0.3 is 0 Å². The van der Waals surface area contributed by atoms with Crippen LogP contribution in [0.2, 0.25) is 0 Å². The summed E-state index contributed by atoms with van der Waals surface area (Å²) in [6.45, 7) is 9.78. The molecule has 2 N–H and O–H groups in total. The maximum atomic E-state index is 12.8. The minimum Gasteiger partial charge on any atom is -0.354 e. The third-order valence-electron chi connectivity index (χ3n) is 5.25. The van der Waals surface area contributed by atoms with Crippen LogP contribution in [-0.4, -0.2) is 48.3 Å². The van der Waals surface area contributed by atoms with Gasteiger partial charge in [0.05, 0.1) is 0 Å². The lowest BCUT2D eigenvalue weighted by Crippen LogP contribution is -2.54. The van der Waals surface area contributed by atoms with Crippen molar-refractivity contribution < 1.29 is 14.4 Å². The van der Waals surface area contributed by atoms with Crippen molar-refractivity contribution in [1.29, 1.82) is 0 Å². The summed E-state index contributed by atoms with van der Waals surface area (Å²) >= 11 is 3.41. The molecule has 0 unspecified atom stereocenters. The van der Waals surface area contributed by atoms with Gasteiger partial charge in [-0.25, -0.2) is 0 Å². The molecule has 1 aliphatic rings. The molecule has 1 heterocycles. The molecule has 0 radical (unpaired) electrons. The first-order valence-corrected chi connectivity index (χ1v) is 11.6. The van der Waals surface area contributed by atoms with Crippen molar-refractivity contribution in [3.8, 4) is 0 Å². The van der Waals surface area contributed by atoms with Gasteiger partial charge in [-0.3, -0.25) is 14.4 Å². The summed E-state index contributed by atoms with van der Waals surface area (Å²) in [6.07, 6.45) is 1.76. The van der Waals surface area contributed by atoms with Crippen LogP contribution in [-0.2, 0) is 9.59 Å². The standard InChI is InChI=1S/C23H34BrN3O3/c1-15(2)12-20(28)26-21(22(29)25-14-16(3)4)17-8-10-27(11-9-17)23(30)18-6-5-7-19(24)13-18/h5-7,13,15-17,21H,8-12,14H2,1-4H3,(H,25,29)(H,26,28)/t21-/m0/s1. The van der Waals surface area contributed by atoms with E-state index in [0.29, 0.717) is 50.4 Å². The first-order valence-electron chi connectivity index (χ1n) is 10.8. The minimum atomic E-state index is -0.557. The summed E-state index contributed by atoms with van der Waals surface area (Å²) in [5.74, 6) is 0.360. The van der Waals surface area contributed by atoms with E-state index in [9.17, 15) is 14.4 Å². The Balaban J connectivity index is 2.02. The van der Waals surface area contributed by atoms with Gasteiger partial charge < -0.3 is 15.5 Å². The molecule has 6 nitrogen and oxygen atoms in total. The van der Waals surface area contributed by atoms with E-state index in [1.165, 1.54) is 0 Å². The summed E-state index contributed by atoms with van der Waals surface area (Å²) in [5, 5.41) is 5.93. The molecule has 30 heavy (non-hydrogen) atoms. The van der Waals surface area contributed by atoms with Crippen LogP contribution in [0.4, 0.5) is 0 Å². The fraction of sp³-hybridized carbons (Fsp3) is 0.609. The Labute approximate surface area is 188 Å². The highest BCUT2D eigenvalue weighted by Crippen LogP contribution is 2.23. The maximum Gasteiger partial charge on any atom is 0.253 e. The summed E-state index contributed by atoms with van der Waals surface area (Å²) in [5.41, 5.74) is 0.652. The lowest BCUT2D eigenvalue weighted by atomic mass is 9.88. The zero-order valence-electron chi connectivity index (χ0n) is 18.4. The Hall–Kier alpha value is -1.89. The van der Waals surface area contributed by atoms with Crippen molar-refractivity contribution in [3.05, 3.63) is 34.3 Å². The van der Waals surface area contributed by atoms with E-state index < -0.39 is 6.04 Å². The second-order valence-corrected chi connectivity index (χ2v) is 9.84. The van der Waals surface area contributed by atoms with Crippen LogP contribution < -0.4 is 10.6 Å². The van der Waals surface area contributed by atoms with E-state index in [4.69, 9.17) is 0 Å². The molecule has 3 amide bonds. The fourth-order valence-corrected chi connectivity index (χ4v) is 4.05. The van der Waals surface area contributed by atoms with Crippen LogP contribution in [0.3, 0.4) is 0 Å². The maximum absolute atomic E-state index is 12.8. The average Bonchev–Trinajstić information content (AvgIpc) is 2.69. The zero-order valence-corrected chi connectivity index (χ0v) is 20.0. The van der Waals surface area contributed by atoms with Crippen molar-refractivity contribution >= 4 is 33.7 Å². The van der Waals surface area contributed by atoms with E-state index in [2.05, 4.69) is 26.6 Å². The lowest BCUT2D eigenvalue weighted by Gasteiger charge is -2.36. The van der Waals surface area contributed by atoms with E-state index in [1.54, 1.807) is 0 Å². The van der Waals surface area contributed by atoms with Gasteiger partial charge in [-0.1, -0.05) is 49.7 Å². The number of hydrogen-bond acceptors (Lipinski definition) is 3. The Morgan fingerprint density at radius 3 is 2.33 bits per heavy atom. The quantitative estimate of drug-likeness (QED) is 0.597. The summed E-state index contributed by atoms with van der Waals surface area (Å²) in [6, 6.07) is 6.82. The minimum absolute atomic E-state index is 0.000553. The van der Waals surface area contributed by atoms with Gasteiger partial charge in [0.2, 0.25) is 11.8 Å². The van der Waals surface area contributed by atoms with Crippen molar-refractivity contribution in [3.63, 3.8) is 0 Å². The van der Waals surface area contributed by atoms with E-state index in [0.717, 1.165) is 4.47 Å². The molecule has 0 bridgehead atoms. The van der Waals surface area contributed by atoms with Gasteiger partial charge in [-0.05, 0) is 48.8 Å². The van der Waals surface area contributed by atoms with Crippen molar-refractivity contribution in [2.45, 2.75) is 53.0 Å². The summed E-state index contributed by atoms with van der Waals surface area (Å²) in [7, 11) is 0. The highest BCUT2D eigenvalue weighted by atomic mass is 79.9. The van der Waals surface area contributed by atoms with Crippen molar-refractivity contribution in [2.24, 2.45) is 17.8 Å². The number of hydrogen-bond donors (Lipinski definition) is 2. The molecule has 0 saturated carbocycles. The van der Waals surface area contributed by atoms with Crippen LogP contribution >= 0.6 is 15.9 Å². The number of carbonyl (C=O) groups excluding carboxylic acids is 3. The number of carbonyl (C=O) groups is 3. The molecule has 0 aliphatic carbocycles. The van der Waals surface area contributed by atoms with Gasteiger partial charge in [0.15, 0.2) is 0 Å². The van der Waals surface area contributed by atoms with Gasteiger partial charge in [0.25, 0.3) is 5.91 Å². The molecule has 7 heteroatoms. The highest BCUT2D eigenvalue weighted by molar-refractivity contribution is 9.10. The van der Waals surface area contributed by atoms with Gasteiger partial charge in [0.1, 0.15) is 6.04 Å². The number of halogens is 1. The number of rotatable bonds is 8. The van der Waals surface area contributed by atoms with Crippen molar-refractivity contribution in [2.75, 3.05) is 19.6 Å². The van der Waals surface area contributed by atoms with E-state index in [-0.39, 0.29) is 29.6 Å². The fourth-order valence-electron chi connectivity index (χ4n) is 3.66. The number of amides is 3. The Morgan fingerprint density at radius 1 is 1.10 bits per heavy atom. The zero-order chi connectivity index (χ0) is 22.3. The van der Waals surface area contributed by atoms with Gasteiger partial charge in [0, 0.05) is 36.1 Å². The molecule has 1 aromatic carbocycles. The van der Waals surface area contributed by atoms with Gasteiger partial charge in [-0.2, -0.15) is 0 Å². The third-order valence-corrected chi connectivity index (χ3v) is 5.74. The second kappa shape index (κ2) is 11.5. The molecular weight excluding hydrogens is 446 g/mol. The third kappa shape index (κ3) is 7.42. The molecule has 0 spiro atoms. The number of piperidine rings is 1. The molecule has 2 rings (SSSR count). The van der Waals surface area contributed by atoms with Crippen molar-refractivity contribution in [1.82, 2.24) is 15.5 Å². The number of benzene rings is 1. The lowest BCUT2D eigenvalue weighted by molar-refractivity contribution is -0.131. The molecule has 1 atom stereocenters. The highest BCUT2D eigenvalue weighted by Gasteiger charge is 2.34. The predicted octanol–water partition coefficient (Wildman–Crippen LogP) is 3.60. The largest absolute Gasteiger partial charge is 0.354 e. The van der Waals surface area contributed by atoms with Gasteiger partial charge in [-0.15, -0.1) is 0 Å². The van der Waals surface area contributed by atoms with Crippen LogP contribution in [0.15, 0.2) is 28.7 Å². The Morgan fingerprint density at radius 2 is 1.77 bits per heavy atom. The monoisotopic (exact) mass is 479 g/mol. The summed E-state index contributed by atoms with van der Waals surface area (Å²) in [4.78, 5) is 39.8. The normalized spacial score (nSPS) is 15.9. The predicted molar refractivity (Wildman–Crippen MR) is 122 cm³/mol. The van der Waals surface area contributed by atoms with E-state index in [1.807, 2.05) is 56.9 Å². The van der Waals surface area contributed by atoms with Crippen LogP contribution in [0.5, 0.6) is 0 Å². The van der Waals surface area contributed by atoms with E-state index >= 15 is 0 Å². The first-order chi connectivity index (χ1) is 14.2. The van der Waals surface area contributed by atoms with Crippen LogP contribution in [0.25, 0.3) is 0 Å². The molecular formula is C23H34BrN3O3. The molecule has 0 aromatic heterocycles. The molecule has 1 aromatic rings. The SMILES string of the molecule is CC(C)CNC(=O)[C@@H](NC(=O)CC(C)C)C1CCN(C(=O)c2cccc(Br)c2)CC1. The number of nitrogens with zero attached hydrogens (tertiary/aromatic N) is 1. The summed E-state index contributed by atoms with van der Waals surface area (Å²) < 4.78 is 0.873. The smallest absolute Gasteiger partial charge is 0.253 e. The Bertz CT molecular complexity index is 743. The molecule has 1 aliphatic heterocycles. The second-order valence-electron chi connectivity index (χ2n) is 8.92.